The highest BCUT2D eigenvalue weighted by Crippen LogP contribution is 2.25. The number of aryl methyl sites for hydroxylation is 1. The van der Waals surface area contributed by atoms with Gasteiger partial charge in [-0.3, -0.25) is 0 Å². The predicted molar refractivity (Wildman–Crippen MR) is 79.5 cm³/mol. The average Bonchev–Trinajstić information content (AvgIpc) is 3.13. The molecule has 0 aromatic carbocycles. The van der Waals surface area contributed by atoms with Crippen LogP contribution in [0.15, 0.2) is 12.4 Å². The maximum absolute atomic E-state index is 12.6. The number of nitrogens with zero attached hydrogens (tertiary/aromatic N) is 3. The smallest absolute Gasteiger partial charge is 0.216 e. The van der Waals surface area contributed by atoms with Gasteiger partial charge in [-0.25, -0.2) is 13.4 Å². The lowest BCUT2D eigenvalue weighted by Gasteiger charge is -2.26. The molecular formula is C14H23N3O3S. The van der Waals surface area contributed by atoms with E-state index in [2.05, 4.69) is 4.98 Å². The van der Waals surface area contributed by atoms with E-state index in [9.17, 15) is 8.42 Å². The van der Waals surface area contributed by atoms with E-state index in [1.165, 1.54) is 0 Å². The van der Waals surface area contributed by atoms with E-state index in [4.69, 9.17) is 4.74 Å². The van der Waals surface area contributed by atoms with E-state index in [0.29, 0.717) is 19.7 Å². The van der Waals surface area contributed by atoms with Crippen molar-refractivity contribution in [2.75, 3.05) is 18.9 Å². The summed E-state index contributed by atoms with van der Waals surface area (Å²) in [5, 5.41) is 0. The van der Waals surface area contributed by atoms with Crippen LogP contribution in [0.5, 0.6) is 0 Å². The van der Waals surface area contributed by atoms with Crippen molar-refractivity contribution in [2.45, 2.75) is 51.3 Å². The number of sulfonamides is 1. The van der Waals surface area contributed by atoms with Crippen molar-refractivity contribution in [2.24, 2.45) is 0 Å². The minimum Gasteiger partial charge on any atom is -0.377 e. The highest BCUT2D eigenvalue weighted by Gasteiger charge is 2.36. The fraction of sp³-hybridized carbons (Fsp3) is 0.786. The minimum atomic E-state index is -3.23. The molecule has 2 saturated heterocycles. The van der Waals surface area contributed by atoms with Crippen molar-refractivity contribution >= 4 is 10.0 Å². The van der Waals surface area contributed by atoms with Crippen molar-refractivity contribution < 1.29 is 13.2 Å². The van der Waals surface area contributed by atoms with Crippen LogP contribution in [-0.2, 0) is 21.3 Å². The molecule has 118 valence electrons. The van der Waals surface area contributed by atoms with Gasteiger partial charge in [-0.15, -0.1) is 0 Å². The molecular weight excluding hydrogens is 290 g/mol. The number of aromatic nitrogens is 2. The summed E-state index contributed by atoms with van der Waals surface area (Å²) in [7, 11) is -3.23. The third-order valence-corrected chi connectivity index (χ3v) is 6.42. The summed E-state index contributed by atoms with van der Waals surface area (Å²) in [4.78, 5) is 4.20. The Morgan fingerprint density at radius 2 is 2.24 bits per heavy atom. The van der Waals surface area contributed by atoms with Gasteiger partial charge in [0.05, 0.1) is 11.9 Å². The molecule has 0 saturated carbocycles. The molecule has 0 amide bonds. The summed E-state index contributed by atoms with van der Waals surface area (Å²) in [6, 6.07) is 0.0457. The Morgan fingerprint density at radius 3 is 2.90 bits per heavy atom. The van der Waals surface area contributed by atoms with E-state index in [-0.39, 0.29) is 17.9 Å². The molecule has 2 aliphatic heterocycles. The first-order valence-corrected chi connectivity index (χ1v) is 9.26. The molecule has 2 atom stereocenters. The lowest BCUT2D eigenvalue weighted by molar-refractivity contribution is 0.126. The topological polar surface area (TPSA) is 64.4 Å². The second-order valence-corrected chi connectivity index (χ2v) is 7.91. The quantitative estimate of drug-likeness (QED) is 0.818. The summed E-state index contributed by atoms with van der Waals surface area (Å²) in [6.45, 7) is 3.96. The number of imidazole rings is 1. The maximum Gasteiger partial charge on any atom is 0.216 e. The van der Waals surface area contributed by atoms with Gasteiger partial charge in [0.2, 0.25) is 10.0 Å². The van der Waals surface area contributed by atoms with Gasteiger partial charge in [-0.1, -0.05) is 0 Å². The van der Waals surface area contributed by atoms with Crippen LogP contribution in [0.2, 0.25) is 0 Å². The van der Waals surface area contributed by atoms with Gasteiger partial charge in [-0.05, 0) is 32.6 Å². The molecule has 3 rings (SSSR count). The zero-order valence-electron chi connectivity index (χ0n) is 12.4. The highest BCUT2D eigenvalue weighted by molar-refractivity contribution is 7.89. The molecule has 21 heavy (non-hydrogen) atoms. The van der Waals surface area contributed by atoms with Gasteiger partial charge < -0.3 is 9.30 Å². The number of hydrogen-bond acceptors (Lipinski definition) is 4. The number of hydrogen-bond donors (Lipinski definition) is 0. The second kappa shape index (κ2) is 6.06. The fourth-order valence-electron chi connectivity index (χ4n) is 3.29. The molecule has 0 bridgehead atoms. The van der Waals surface area contributed by atoms with Crippen LogP contribution in [0.3, 0.4) is 0 Å². The Kier molecular flexibility index (Phi) is 4.33. The predicted octanol–water partition coefficient (Wildman–Crippen LogP) is 1.16. The van der Waals surface area contributed by atoms with E-state index in [1.54, 1.807) is 10.5 Å². The molecule has 2 fully saturated rings. The minimum absolute atomic E-state index is 0.0457. The molecule has 3 heterocycles. The Morgan fingerprint density at radius 1 is 1.38 bits per heavy atom. The van der Waals surface area contributed by atoms with Crippen LogP contribution in [0.25, 0.3) is 0 Å². The summed E-state index contributed by atoms with van der Waals surface area (Å²) in [5.41, 5.74) is 0. The standard InChI is InChI=1S/C14H23N3O3S/c1-12-15-6-8-16(12)10-13-4-2-7-17(13)21(18,19)11-14-5-3-9-20-14/h6,8,13-14H,2-5,7,9-11H2,1H3. The number of ether oxygens (including phenoxy) is 1. The maximum atomic E-state index is 12.6. The SMILES string of the molecule is Cc1nccn1CC1CCCN1S(=O)(=O)CC1CCCO1. The van der Waals surface area contributed by atoms with Crippen LogP contribution in [0, 0.1) is 6.92 Å². The molecule has 0 spiro atoms. The second-order valence-electron chi connectivity index (χ2n) is 5.95. The van der Waals surface area contributed by atoms with Crippen molar-refractivity contribution in [1.29, 1.82) is 0 Å². The molecule has 6 nitrogen and oxygen atoms in total. The van der Waals surface area contributed by atoms with Gasteiger partial charge in [0.15, 0.2) is 0 Å². The highest BCUT2D eigenvalue weighted by atomic mass is 32.2. The van der Waals surface area contributed by atoms with E-state index >= 15 is 0 Å². The zero-order valence-corrected chi connectivity index (χ0v) is 13.3. The van der Waals surface area contributed by atoms with Crippen LogP contribution in [0.4, 0.5) is 0 Å². The normalized spacial score (nSPS) is 27.5. The third-order valence-electron chi connectivity index (χ3n) is 4.43. The number of rotatable bonds is 5. The summed E-state index contributed by atoms with van der Waals surface area (Å²) >= 11 is 0. The molecule has 1 aromatic rings. The van der Waals surface area contributed by atoms with Crippen molar-refractivity contribution in [3.05, 3.63) is 18.2 Å². The van der Waals surface area contributed by atoms with E-state index in [1.807, 2.05) is 17.7 Å². The third kappa shape index (κ3) is 3.30. The lowest BCUT2D eigenvalue weighted by atomic mass is 10.2. The first kappa shape index (κ1) is 15.0. The Bertz CT molecular complexity index is 578. The summed E-state index contributed by atoms with van der Waals surface area (Å²) in [5.74, 6) is 1.06. The van der Waals surface area contributed by atoms with Crippen LogP contribution >= 0.6 is 0 Å². The first-order chi connectivity index (χ1) is 10.1. The molecule has 2 aliphatic rings. The van der Waals surface area contributed by atoms with Crippen LogP contribution in [-0.4, -0.2) is 53.3 Å². The average molecular weight is 313 g/mol. The molecule has 2 unspecified atom stereocenters. The summed E-state index contributed by atoms with van der Waals surface area (Å²) < 4.78 is 34.5. The van der Waals surface area contributed by atoms with E-state index < -0.39 is 10.0 Å². The Labute approximate surface area is 126 Å². The molecule has 1 aromatic heterocycles. The molecule has 7 heteroatoms. The van der Waals surface area contributed by atoms with Gasteiger partial charge >= 0.3 is 0 Å². The van der Waals surface area contributed by atoms with Crippen molar-refractivity contribution in [3.63, 3.8) is 0 Å². The Hall–Kier alpha value is -0.920. The summed E-state index contributed by atoms with van der Waals surface area (Å²) in [6.07, 6.45) is 7.24. The van der Waals surface area contributed by atoms with Crippen LogP contribution < -0.4 is 0 Å². The molecule has 0 N–H and O–H groups in total. The first-order valence-electron chi connectivity index (χ1n) is 7.65. The van der Waals surface area contributed by atoms with Gasteiger partial charge in [-0.2, -0.15) is 4.31 Å². The Balaban J connectivity index is 1.69. The zero-order chi connectivity index (χ0) is 14.9. The largest absolute Gasteiger partial charge is 0.377 e. The van der Waals surface area contributed by atoms with Gasteiger partial charge in [0.1, 0.15) is 5.82 Å². The van der Waals surface area contributed by atoms with E-state index in [0.717, 1.165) is 31.5 Å². The monoisotopic (exact) mass is 313 g/mol. The van der Waals surface area contributed by atoms with Crippen LogP contribution in [0.1, 0.15) is 31.5 Å². The fourth-order valence-corrected chi connectivity index (χ4v) is 5.25. The van der Waals surface area contributed by atoms with Gasteiger partial charge in [0, 0.05) is 38.1 Å². The lowest BCUT2D eigenvalue weighted by Crippen LogP contribution is -2.41. The van der Waals surface area contributed by atoms with Crippen molar-refractivity contribution in [1.82, 2.24) is 13.9 Å². The molecule has 0 aliphatic carbocycles. The van der Waals surface area contributed by atoms with Crippen molar-refractivity contribution in [3.8, 4) is 0 Å². The molecule has 0 radical (unpaired) electrons. The van der Waals surface area contributed by atoms with Gasteiger partial charge in [0.25, 0.3) is 0 Å².